The SMILES string of the molecule is Cc1n[nH]c(C)c1C(C)CC(=O)ON1C(=O)c2ccccc2C1=O. The normalized spacial score (nSPS) is 14.7. The Hall–Kier alpha value is -2.96. The number of carbonyl (C=O) groups is 3. The summed E-state index contributed by atoms with van der Waals surface area (Å²) < 4.78 is 0. The molecule has 1 aliphatic heterocycles. The second-order valence-electron chi connectivity index (χ2n) is 5.87. The summed E-state index contributed by atoms with van der Waals surface area (Å²) in [5.74, 6) is -2.03. The Bertz CT molecular complexity index is 786. The monoisotopic (exact) mass is 327 g/mol. The molecule has 0 fully saturated rings. The number of hydroxylamine groups is 2. The van der Waals surface area contributed by atoms with Gasteiger partial charge in [0.05, 0.1) is 23.2 Å². The van der Waals surface area contributed by atoms with Crippen LogP contribution >= 0.6 is 0 Å². The number of fused-ring (bicyclic) bond motifs is 1. The zero-order valence-electron chi connectivity index (χ0n) is 13.6. The van der Waals surface area contributed by atoms with E-state index in [2.05, 4.69) is 10.2 Å². The topological polar surface area (TPSA) is 92.4 Å². The highest BCUT2D eigenvalue weighted by Gasteiger charge is 2.38. The molecule has 2 amide bonds. The maximum Gasteiger partial charge on any atom is 0.333 e. The van der Waals surface area contributed by atoms with Crippen LogP contribution in [0.5, 0.6) is 0 Å². The molecule has 0 saturated heterocycles. The third-order valence-electron chi connectivity index (χ3n) is 4.10. The van der Waals surface area contributed by atoms with Crippen LogP contribution < -0.4 is 0 Å². The molecule has 1 aliphatic rings. The lowest BCUT2D eigenvalue weighted by Crippen LogP contribution is -2.33. The number of carbonyl (C=O) groups excluding carboxylic acids is 3. The Balaban J connectivity index is 1.70. The number of hydrogen-bond donors (Lipinski definition) is 1. The molecule has 24 heavy (non-hydrogen) atoms. The van der Waals surface area contributed by atoms with Crippen LogP contribution in [-0.2, 0) is 9.63 Å². The summed E-state index contributed by atoms with van der Waals surface area (Å²) >= 11 is 0. The van der Waals surface area contributed by atoms with E-state index in [1.807, 2.05) is 20.8 Å². The van der Waals surface area contributed by atoms with Crippen LogP contribution in [0.15, 0.2) is 24.3 Å². The molecule has 1 unspecified atom stereocenters. The molecule has 7 heteroatoms. The number of aromatic nitrogens is 2. The van der Waals surface area contributed by atoms with Crippen LogP contribution in [0, 0.1) is 13.8 Å². The van der Waals surface area contributed by atoms with Crippen LogP contribution in [0.2, 0.25) is 0 Å². The number of nitrogens with one attached hydrogen (secondary N) is 1. The van der Waals surface area contributed by atoms with E-state index in [4.69, 9.17) is 4.84 Å². The Morgan fingerprint density at radius 3 is 2.29 bits per heavy atom. The predicted octanol–water partition coefficient (Wildman–Crippen LogP) is 2.27. The third kappa shape index (κ3) is 2.58. The lowest BCUT2D eigenvalue weighted by atomic mass is 9.96. The summed E-state index contributed by atoms with van der Waals surface area (Å²) in [7, 11) is 0. The van der Waals surface area contributed by atoms with Gasteiger partial charge in [-0.05, 0) is 37.5 Å². The molecule has 1 aromatic heterocycles. The van der Waals surface area contributed by atoms with Crippen molar-refractivity contribution in [1.82, 2.24) is 15.3 Å². The molecule has 0 aliphatic carbocycles. The Labute approximate surface area is 138 Å². The van der Waals surface area contributed by atoms with Crippen molar-refractivity contribution in [2.24, 2.45) is 0 Å². The van der Waals surface area contributed by atoms with E-state index in [1.54, 1.807) is 12.1 Å². The van der Waals surface area contributed by atoms with E-state index in [0.29, 0.717) is 5.06 Å². The molecule has 7 nitrogen and oxygen atoms in total. The van der Waals surface area contributed by atoms with Gasteiger partial charge < -0.3 is 4.84 Å². The van der Waals surface area contributed by atoms with Crippen molar-refractivity contribution in [1.29, 1.82) is 0 Å². The lowest BCUT2D eigenvalue weighted by Gasteiger charge is -2.15. The molecule has 124 valence electrons. The zero-order valence-corrected chi connectivity index (χ0v) is 13.6. The average molecular weight is 327 g/mol. The lowest BCUT2D eigenvalue weighted by molar-refractivity contribution is -0.168. The molecule has 2 aromatic rings. The number of nitrogens with zero attached hydrogens (tertiary/aromatic N) is 2. The highest BCUT2D eigenvalue weighted by atomic mass is 16.7. The van der Waals surface area contributed by atoms with E-state index in [-0.39, 0.29) is 23.5 Å². The summed E-state index contributed by atoms with van der Waals surface area (Å²) in [4.78, 5) is 41.6. The van der Waals surface area contributed by atoms with Gasteiger partial charge in [0.2, 0.25) is 0 Å². The van der Waals surface area contributed by atoms with Crippen LogP contribution in [-0.4, -0.2) is 33.0 Å². The number of amides is 2. The fourth-order valence-electron chi connectivity index (χ4n) is 3.03. The van der Waals surface area contributed by atoms with Gasteiger partial charge in [0, 0.05) is 5.69 Å². The van der Waals surface area contributed by atoms with Gasteiger partial charge >= 0.3 is 5.97 Å². The third-order valence-corrected chi connectivity index (χ3v) is 4.10. The maximum atomic E-state index is 12.2. The van der Waals surface area contributed by atoms with E-state index in [1.165, 1.54) is 12.1 Å². The van der Waals surface area contributed by atoms with Crippen molar-refractivity contribution >= 4 is 17.8 Å². The van der Waals surface area contributed by atoms with E-state index < -0.39 is 17.8 Å². The van der Waals surface area contributed by atoms with E-state index in [0.717, 1.165) is 17.0 Å². The molecule has 3 rings (SSSR count). The summed E-state index contributed by atoms with van der Waals surface area (Å²) in [6, 6.07) is 6.37. The van der Waals surface area contributed by atoms with E-state index >= 15 is 0 Å². The van der Waals surface area contributed by atoms with Crippen LogP contribution in [0.4, 0.5) is 0 Å². The predicted molar refractivity (Wildman–Crippen MR) is 84.1 cm³/mol. The van der Waals surface area contributed by atoms with Crippen molar-refractivity contribution in [2.45, 2.75) is 33.1 Å². The number of aromatic amines is 1. The zero-order chi connectivity index (χ0) is 17.4. The van der Waals surface area contributed by atoms with Gasteiger partial charge in [-0.3, -0.25) is 14.7 Å². The molecule has 0 spiro atoms. The molecule has 0 saturated carbocycles. The summed E-state index contributed by atoms with van der Waals surface area (Å²) in [6.07, 6.45) is 0.0363. The second-order valence-corrected chi connectivity index (χ2v) is 5.87. The fraction of sp³-hybridized carbons (Fsp3) is 0.294. The van der Waals surface area contributed by atoms with Gasteiger partial charge in [-0.15, -0.1) is 0 Å². The van der Waals surface area contributed by atoms with E-state index in [9.17, 15) is 14.4 Å². The van der Waals surface area contributed by atoms with Crippen molar-refractivity contribution < 1.29 is 19.2 Å². The number of benzene rings is 1. The largest absolute Gasteiger partial charge is 0.333 e. The van der Waals surface area contributed by atoms with Crippen LogP contribution in [0.3, 0.4) is 0 Å². The molecule has 0 bridgehead atoms. The highest BCUT2D eigenvalue weighted by molar-refractivity contribution is 6.20. The smallest absolute Gasteiger partial charge is 0.330 e. The van der Waals surface area contributed by atoms with Crippen LogP contribution in [0.25, 0.3) is 0 Å². The molecule has 1 aromatic carbocycles. The van der Waals surface area contributed by atoms with Crippen LogP contribution in [0.1, 0.15) is 56.9 Å². The fourth-order valence-corrected chi connectivity index (χ4v) is 3.03. The first-order valence-corrected chi connectivity index (χ1v) is 7.60. The van der Waals surface area contributed by atoms with Gasteiger partial charge in [-0.1, -0.05) is 24.1 Å². The highest BCUT2D eigenvalue weighted by Crippen LogP contribution is 2.26. The first-order chi connectivity index (χ1) is 11.4. The number of hydrogen-bond acceptors (Lipinski definition) is 5. The first kappa shape index (κ1) is 15.9. The molecular weight excluding hydrogens is 310 g/mol. The minimum absolute atomic E-state index is 0.0363. The molecule has 0 radical (unpaired) electrons. The quantitative estimate of drug-likeness (QED) is 0.870. The van der Waals surface area contributed by atoms with Gasteiger partial charge in [0.1, 0.15) is 0 Å². The number of H-pyrrole nitrogens is 1. The Morgan fingerprint density at radius 2 is 1.79 bits per heavy atom. The minimum Gasteiger partial charge on any atom is -0.330 e. The van der Waals surface area contributed by atoms with Crippen molar-refractivity contribution in [3.05, 3.63) is 52.3 Å². The number of aryl methyl sites for hydroxylation is 2. The molecule has 1 N–H and O–H groups in total. The molecule has 1 atom stereocenters. The van der Waals surface area contributed by atoms with Crippen molar-refractivity contribution in [3.8, 4) is 0 Å². The standard InChI is InChI=1S/C17H17N3O4/c1-9(15-10(2)18-19-11(15)3)8-14(21)24-20-16(22)12-6-4-5-7-13(12)17(20)23/h4-7,9H,8H2,1-3H3,(H,18,19). The number of imide groups is 1. The molecular formula is C17H17N3O4. The van der Waals surface area contributed by atoms with Gasteiger partial charge in [-0.25, -0.2) is 4.79 Å². The Kier molecular flexibility index (Phi) is 3.92. The Morgan fingerprint density at radius 1 is 1.21 bits per heavy atom. The first-order valence-electron chi connectivity index (χ1n) is 7.60. The van der Waals surface area contributed by atoms with Gasteiger partial charge in [0.15, 0.2) is 0 Å². The summed E-state index contributed by atoms with van der Waals surface area (Å²) in [5, 5.41) is 7.51. The van der Waals surface area contributed by atoms with Gasteiger partial charge in [0.25, 0.3) is 11.8 Å². The maximum absolute atomic E-state index is 12.2. The van der Waals surface area contributed by atoms with Gasteiger partial charge in [-0.2, -0.15) is 5.10 Å². The summed E-state index contributed by atoms with van der Waals surface area (Å²) in [6.45, 7) is 5.60. The van der Waals surface area contributed by atoms with Crippen molar-refractivity contribution in [2.75, 3.05) is 0 Å². The molecule has 2 heterocycles. The second kappa shape index (κ2) is 5.92. The van der Waals surface area contributed by atoms with Crippen molar-refractivity contribution in [3.63, 3.8) is 0 Å². The minimum atomic E-state index is -0.642. The number of rotatable bonds is 4. The average Bonchev–Trinajstić information content (AvgIpc) is 3.00. The summed E-state index contributed by atoms with van der Waals surface area (Å²) in [5.41, 5.74) is 3.12.